The van der Waals surface area contributed by atoms with Crippen LogP contribution in [0.5, 0.6) is 5.75 Å². The number of hydrogen-bond donors (Lipinski definition) is 1. The first-order valence-corrected chi connectivity index (χ1v) is 4.48. The smallest absolute Gasteiger partial charge is 0.406 e. The number of alkyl halides is 3. The summed E-state index contributed by atoms with van der Waals surface area (Å²) in [6.45, 7) is 1.22. The predicted molar refractivity (Wildman–Crippen MR) is 52.4 cm³/mol. The maximum absolute atomic E-state index is 11.9. The number of carbonyl (C=O) groups is 1. The lowest BCUT2D eigenvalue weighted by molar-refractivity contribution is -0.274. The van der Waals surface area contributed by atoms with Gasteiger partial charge in [0.05, 0.1) is 10.7 Å². The van der Waals surface area contributed by atoms with Crippen LogP contribution in [-0.4, -0.2) is 12.3 Å². The summed E-state index contributed by atoms with van der Waals surface area (Å²) in [6.07, 6.45) is -4.78. The second-order valence-corrected chi connectivity index (χ2v) is 3.28. The highest BCUT2D eigenvalue weighted by Crippen LogP contribution is 2.30. The predicted octanol–water partition coefficient (Wildman–Crippen LogP) is 3.20. The second-order valence-electron chi connectivity index (χ2n) is 2.87. The highest BCUT2D eigenvalue weighted by molar-refractivity contribution is 6.33. The van der Waals surface area contributed by atoms with Crippen molar-refractivity contribution in [2.24, 2.45) is 0 Å². The zero-order chi connectivity index (χ0) is 12.3. The van der Waals surface area contributed by atoms with Gasteiger partial charge in [-0.3, -0.25) is 4.79 Å². The largest absolute Gasteiger partial charge is 0.573 e. The van der Waals surface area contributed by atoms with E-state index in [0.29, 0.717) is 0 Å². The number of amides is 1. The van der Waals surface area contributed by atoms with Crippen LogP contribution in [0.1, 0.15) is 6.92 Å². The van der Waals surface area contributed by atoms with Crippen LogP contribution in [0.15, 0.2) is 18.2 Å². The van der Waals surface area contributed by atoms with Crippen molar-refractivity contribution in [1.82, 2.24) is 0 Å². The first kappa shape index (κ1) is 12.6. The lowest BCUT2D eigenvalue weighted by atomic mass is 10.3. The van der Waals surface area contributed by atoms with Gasteiger partial charge in [-0.05, 0) is 12.1 Å². The molecule has 1 aromatic carbocycles. The number of ether oxygens (including phenoxy) is 1. The SMILES string of the molecule is CC(=O)Nc1cc(OC(F)(F)F)ccc1Cl. The number of hydrogen-bond acceptors (Lipinski definition) is 2. The van der Waals surface area contributed by atoms with Crippen molar-refractivity contribution < 1.29 is 22.7 Å². The normalized spacial score (nSPS) is 11.1. The molecule has 0 aliphatic heterocycles. The Bertz CT molecular complexity index is 406. The van der Waals surface area contributed by atoms with Crippen molar-refractivity contribution in [3.05, 3.63) is 23.2 Å². The standard InChI is InChI=1S/C9H7ClF3NO2/c1-5(15)14-8-4-6(2-3-7(8)10)16-9(11,12)13/h2-4H,1H3,(H,14,15). The summed E-state index contributed by atoms with van der Waals surface area (Å²) < 4.78 is 39.3. The molecule has 0 bridgehead atoms. The monoisotopic (exact) mass is 253 g/mol. The van der Waals surface area contributed by atoms with Gasteiger partial charge in [0.1, 0.15) is 5.75 Å². The van der Waals surface area contributed by atoms with E-state index in [9.17, 15) is 18.0 Å². The molecule has 1 amide bonds. The fourth-order valence-electron chi connectivity index (χ4n) is 0.987. The third-order valence-electron chi connectivity index (χ3n) is 1.48. The third kappa shape index (κ3) is 3.98. The molecule has 0 aliphatic carbocycles. The Labute approximate surface area is 94.2 Å². The Hall–Kier alpha value is -1.43. The lowest BCUT2D eigenvalue weighted by Gasteiger charge is -2.11. The van der Waals surface area contributed by atoms with Crippen molar-refractivity contribution in [3.63, 3.8) is 0 Å². The van der Waals surface area contributed by atoms with Crippen LogP contribution in [0.2, 0.25) is 5.02 Å². The Morgan fingerprint density at radius 1 is 1.44 bits per heavy atom. The number of benzene rings is 1. The number of halogens is 4. The fraction of sp³-hybridized carbons (Fsp3) is 0.222. The van der Waals surface area contributed by atoms with E-state index in [2.05, 4.69) is 10.1 Å². The average Bonchev–Trinajstić information content (AvgIpc) is 2.07. The van der Waals surface area contributed by atoms with Gasteiger partial charge in [-0.25, -0.2) is 0 Å². The Balaban J connectivity index is 2.93. The molecule has 0 radical (unpaired) electrons. The molecule has 0 atom stereocenters. The zero-order valence-corrected chi connectivity index (χ0v) is 8.82. The highest BCUT2D eigenvalue weighted by Gasteiger charge is 2.31. The van der Waals surface area contributed by atoms with Crippen molar-refractivity contribution in [1.29, 1.82) is 0 Å². The minimum absolute atomic E-state index is 0.0657. The van der Waals surface area contributed by atoms with E-state index >= 15 is 0 Å². The van der Waals surface area contributed by atoms with E-state index in [0.717, 1.165) is 12.1 Å². The van der Waals surface area contributed by atoms with Gasteiger partial charge in [0.15, 0.2) is 0 Å². The van der Waals surface area contributed by atoms with Crippen LogP contribution in [0.25, 0.3) is 0 Å². The quantitative estimate of drug-likeness (QED) is 0.879. The van der Waals surface area contributed by atoms with Crippen LogP contribution in [0.3, 0.4) is 0 Å². The summed E-state index contributed by atoms with van der Waals surface area (Å²) in [6, 6.07) is 3.26. The minimum atomic E-state index is -4.78. The fourth-order valence-corrected chi connectivity index (χ4v) is 1.15. The van der Waals surface area contributed by atoms with Crippen molar-refractivity contribution in [3.8, 4) is 5.75 Å². The molecule has 0 saturated heterocycles. The van der Waals surface area contributed by atoms with Crippen molar-refractivity contribution in [2.45, 2.75) is 13.3 Å². The van der Waals surface area contributed by atoms with E-state index in [1.807, 2.05) is 0 Å². The number of carbonyl (C=O) groups excluding carboxylic acids is 1. The van der Waals surface area contributed by atoms with Gasteiger partial charge in [0.25, 0.3) is 0 Å². The molecule has 1 rings (SSSR count). The molecule has 1 N–H and O–H groups in total. The van der Waals surface area contributed by atoms with E-state index in [4.69, 9.17) is 11.6 Å². The summed E-state index contributed by atoms with van der Waals surface area (Å²) >= 11 is 5.66. The molecule has 0 aliphatic rings. The van der Waals surface area contributed by atoms with E-state index in [1.54, 1.807) is 0 Å². The van der Waals surface area contributed by atoms with Crippen molar-refractivity contribution >= 4 is 23.2 Å². The van der Waals surface area contributed by atoms with Gasteiger partial charge in [-0.1, -0.05) is 11.6 Å². The Morgan fingerprint density at radius 3 is 2.56 bits per heavy atom. The third-order valence-corrected chi connectivity index (χ3v) is 1.81. The van der Waals surface area contributed by atoms with Gasteiger partial charge in [-0.15, -0.1) is 13.2 Å². The molecule has 0 aromatic heterocycles. The topological polar surface area (TPSA) is 38.3 Å². The molecule has 16 heavy (non-hydrogen) atoms. The molecule has 3 nitrogen and oxygen atoms in total. The van der Waals surface area contributed by atoms with Crippen LogP contribution < -0.4 is 10.1 Å². The first-order valence-electron chi connectivity index (χ1n) is 4.11. The lowest BCUT2D eigenvalue weighted by Crippen LogP contribution is -2.17. The Morgan fingerprint density at radius 2 is 2.06 bits per heavy atom. The highest BCUT2D eigenvalue weighted by atomic mass is 35.5. The van der Waals surface area contributed by atoms with E-state index in [-0.39, 0.29) is 10.7 Å². The number of rotatable bonds is 2. The molecular formula is C9H7ClF3NO2. The van der Waals surface area contributed by atoms with Crippen LogP contribution >= 0.6 is 11.6 Å². The van der Waals surface area contributed by atoms with Crippen LogP contribution in [0, 0.1) is 0 Å². The molecule has 0 heterocycles. The zero-order valence-electron chi connectivity index (χ0n) is 8.06. The number of nitrogens with one attached hydrogen (secondary N) is 1. The molecule has 0 fully saturated rings. The van der Waals surface area contributed by atoms with Gasteiger partial charge >= 0.3 is 6.36 Å². The molecule has 0 saturated carbocycles. The van der Waals surface area contributed by atoms with Gasteiger partial charge < -0.3 is 10.1 Å². The summed E-state index contributed by atoms with van der Waals surface area (Å²) in [5.74, 6) is -0.883. The summed E-state index contributed by atoms with van der Waals surface area (Å²) in [7, 11) is 0. The van der Waals surface area contributed by atoms with Crippen LogP contribution in [0.4, 0.5) is 18.9 Å². The molecule has 0 unspecified atom stereocenters. The van der Waals surface area contributed by atoms with Gasteiger partial charge in [-0.2, -0.15) is 0 Å². The summed E-state index contributed by atoms with van der Waals surface area (Å²) in [5.41, 5.74) is 0.0657. The minimum Gasteiger partial charge on any atom is -0.406 e. The average molecular weight is 254 g/mol. The van der Waals surface area contributed by atoms with Crippen molar-refractivity contribution in [2.75, 3.05) is 5.32 Å². The van der Waals surface area contributed by atoms with Gasteiger partial charge in [0, 0.05) is 13.0 Å². The van der Waals surface area contributed by atoms with E-state index < -0.39 is 18.0 Å². The maximum Gasteiger partial charge on any atom is 0.573 e. The molecule has 0 spiro atoms. The van der Waals surface area contributed by atoms with Crippen LogP contribution in [-0.2, 0) is 4.79 Å². The molecule has 7 heteroatoms. The maximum atomic E-state index is 11.9. The molecule has 1 aromatic rings. The first-order chi connectivity index (χ1) is 7.28. The van der Waals surface area contributed by atoms with E-state index in [1.165, 1.54) is 13.0 Å². The molecule has 88 valence electrons. The number of anilines is 1. The summed E-state index contributed by atoms with van der Waals surface area (Å²) in [5, 5.41) is 2.41. The molecular weight excluding hydrogens is 247 g/mol. The Kier molecular flexibility index (Phi) is 3.64. The summed E-state index contributed by atoms with van der Waals surface area (Å²) in [4.78, 5) is 10.7. The second kappa shape index (κ2) is 4.61. The van der Waals surface area contributed by atoms with Gasteiger partial charge in [0.2, 0.25) is 5.91 Å².